The Hall–Kier alpha value is -4.12. The van der Waals surface area contributed by atoms with Gasteiger partial charge >= 0.3 is 5.97 Å². The van der Waals surface area contributed by atoms with E-state index in [2.05, 4.69) is 22.5 Å². The number of carboxylic acid groups (broad SMARTS) is 1. The van der Waals surface area contributed by atoms with Gasteiger partial charge < -0.3 is 41.2 Å². The molecule has 7 N–H and O–H groups in total. The number of aliphatic carboxylic acids is 1. The van der Waals surface area contributed by atoms with Crippen LogP contribution in [0.1, 0.15) is 74.7 Å². The molecule has 0 unspecified atom stereocenters. The maximum Gasteiger partial charge on any atom is 0.303 e. The number of aromatic nitrogens is 1. The first-order valence-corrected chi connectivity index (χ1v) is 19.2. The zero-order valence-electron chi connectivity index (χ0n) is 30.2. The number of Topliss-reactive ketones (excluding diaryl/α,β-unsaturated/α-hetero) is 1. The van der Waals surface area contributed by atoms with Crippen LogP contribution < -0.4 is 16.4 Å². The van der Waals surface area contributed by atoms with E-state index >= 15 is 0 Å². The molecule has 1 aliphatic heterocycles. The Labute approximate surface area is 316 Å². The SMILES string of the molecule is C[C@]12C=CC(=O)C=C1CC[C@@H]1[C@@H]2[C@@H](O)C[C@@]2(C)[C@H]1C[C@H]1O[C@@H](c3ccc(Cc4cnc(NC(=O)[C@H](CCC(=O)O)NC(=O)CN)s4)cc3)O[C@]12C(=O)CO. The van der Waals surface area contributed by atoms with Crippen LogP contribution >= 0.6 is 11.3 Å². The number of fused-ring (bicyclic) bond motifs is 7. The fourth-order valence-electron chi connectivity index (χ4n) is 10.3. The Balaban J connectivity index is 1.04. The highest BCUT2D eigenvalue weighted by molar-refractivity contribution is 7.15. The van der Waals surface area contributed by atoms with Crippen LogP contribution in [0.5, 0.6) is 0 Å². The van der Waals surface area contributed by atoms with Crippen LogP contribution in [0.2, 0.25) is 0 Å². The molecule has 10 atom stereocenters. The van der Waals surface area contributed by atoms with E-state index in [9.17, 15) is 34.2 Å². The molecule has 2 amide bonds. The van der Waals surface area contributed by atoms with Crippen molar-refractivity contribution in [1.29, 1.82) is 0 Å². The lowest BCUT2D eigenvalue weighted by atomic mass is 9.46. The molecule has 14 nitrogen and oxygen atoms in total. The summed E-state index contributed by atoms with van der Waals surface area (Å²) in [4.78, 5) is 66.9. The van der Waals surface area contributed by atoms with Gasteiger partial charge in [0, 0.05) is 46.2 Å². The van der Waals surface area contributed by atoms with Crippen LogP contribution in [0.4, 0.5) is 5.13 Å². The largest absolute Gasteiger partial charge is 0.481 e. The molecule has 3 saturated carbocycles. The summed E-state index contributed by atoms with van der Waals surface area (Å²) in [5, 5.41) is 36.6. The van der Waals surface area contributed by atoms with Gasteiger partial charge in [0.1, 0.15) is 12.6 Å². The number of aliphatic hydroxyl groups excluding tert-OH is 2. The minimum Gasteiger partial charge on any atom is -0.481 e. The lowest BCUT2D eigenvalue weighted by molar-refractivity contribution is -0.201. The second kappa shape index (κ2) is 14.5. The number of nitrogens with zero attached hydrogens (tertiary/aromatic N) is 1. The topological polar surface area (TPSA) is 227 Å². The summed E-state index contributed by atoms with van der Waals surface area (Å²) in [5.74, 6) is -2.82. The lowest BCUT2D eigenvalue weighted by Gasteiger charge is -2.59. The molecule has 2 heterocycles. The van der Waals surface area contributed by atoms with E-state index in [1.165, 1.54) is 11.3 Å². The Bertz CT molecular complexity index is 1910. The van der Waals surface area contributed by atoms with Gasteiger partial charge in [0.25, 0.3) is 0 Å². The van der Waals surface area contributed by atoms with E-state index in [1.54, 1.807) is 18.3 Å². The average molecular weight is 763 g/mol. The van der Waals surface area contributed by atoms with Crippen LogP contribution in [0, 0.1) is 28.6 Å². The summed E-state index contributed by atoms with van der Waals surface area (Å²) in [6.45, 7) is 3.05. The standard InChI is InChI=1S/C39H46N4O10S/c1-37-12-11-23(45)14-22(37)7-8-25-26-15-30-39(29(47)19-44,38(26,2)16-28(46)33(25)37)53-35(52-30)21-5-3-20(4-6-21)13-24-18-41-36(54-24)43-34(51)27(9-10-32(49)50)42-31(48)17-40/h3-6,11-12,14,18,25-28,30,33,35,44,46H,7-10,13,15-17,19,40H2,1-2H3,(H,42,48)(H,49,50)(H,41,43,51)/t25-,26-,27-,28-,30+,33+,35+,37-,38-,39+/m0/s1. The summed E-state index contributed by atoms with van der Waals surface area (Å²) < 4.78 is 13.3. The van der Waals surface area contributed by atoms with Crippen molar-refractivity contribution in [3.05, 3.63) is 70.3 Å². The monoisotopic (exact) mass is 762 g/mol. The molecular weight excluding hydrogens is 717 g/mol. The number of anilines is 1. The molecule has 0 spiro atoms. The van der Waals surface area contributed by atoms with Crippen molar-refractivity contribution in [2.24, 2.45) is 34.3 Å². The molecule has 0 bridgehead atoms. The average Bonchev–Trinajstić information content (AvgIpc) is 3.82. The van der Waals surface area contributed by atoms with Crippen LogP contribution in [0.15, 0.2) is 54.3 Å². The van der Waals surface area contributed by atoms with Crippen molar-refractivity contribution in [2.45, 2.75) is 88.9 Å². The summed E-state index contributed by atoms with van der Waals surface area (Å²) in [6.07, 6.45) is 7.07. The van der Waals surface area contributed by atoms with Gasteiger partial charge in [0.2, 0.25) is 11.8 Å². The number of rotatable bonds is 12. The lowest BCUT2D eigenvalue weighted by Crippen LogP contribution is -2.63. The van der Waals surface area contributed by atoms with Gasteiger partial charge in [-0.1, -0.05) is 49.8 Å². The van der Waals surface area contributed by atoms with Crippen molar-refractivity contribution in [3.63, 3.8) is 0 Å². The van der Waals surface area contributed by atoms with Gasteiger partial charge in [0.05, 0.1) is 18.8 Å². The number of carbonyl (C=O) groups excluding carboxylic acids is 4. The van der Waals surface area contributed by atoms with E-state index in [0.717, 1.165) is 28.9 Å². The zero-order valence-corrected chi connectivity index (χ0v) is 31.0. The summed E-state index contributed by atoms with van der Waals surface area (Å²) in [6, 6.07) is 6.48. The van der Waals surface area contributed by atoms with E-state index in [-0.39, 0.29) is 42.9 Å². The Morgan fingerprint density at radius 1 is 1.17 bits per heavy atom. The number of ether oxygens (including phenoxy) is 2. The number of thiazole rings is 1. The number of amides is 2. The molecule has 2 aromatic rings. The molecular formula is C39H46N4O10S. The second-order valence-corrected chi connectivity index (χ2v) is 16.8. The number of carboxylic acids is 1. The third-order valence-corrected chi connectivity index (χ3v) is 13.6. The number of hydrogen-bond acceptors (Lipinski definition) is 12. The highest BCUT2D eigenvalue weighted by Gasteiger charge is 2.75. The Kier molecular flexibility index (Phi) is 10.3. The normalized spacial score (nSPS) is 34.2. The third-order valence-electron chi connectivity index (χ3n) is 12.7. The first kappa shape index (κ1) is 38.2. The molecule has 1 aromatic carbocycles. The van der Waals surface area contributed by atoms with E-state index in [0.29, 0.717) is 30.0 Å². The Morgan fingerprint density at radius 2 is 1.93 bits per heavy atom. The number of nitrogens with two attached hydrogens (primary N) is 1. The van der Waals surface area contributed by atoms with Crippen molar-refractivity contribution in [3.8, 4) is 0 Å². The quantitative estimate of drug-likeness (QED) is 0.184. The molecule has 1 aromatic heterocycles. The van der Waals surface area contributed by atoms with Crippen molar-refractivity contribution in [1.82, 2.24) is 10.3 Å². The number of allylic oxidation sites excluding steroid dienone is 4. The predicted molar refractivity (Wildman–Crippen MR) is 195 cm³/mol. The molecule has 4 aliphatic carbocycles. The molecule has 288 valence electrons. The number of benzene rings is 1. The highest BCUT2D eigenvalue weighted by Crippen LogP contribution is 2.70. The van der Waals surface area contributed by atoms with Crippen LogP contribution in [-0.4, -0.2) is 86.7 Å². The number of nitrogens with one attached hydrogen (secondary N) is 2. The predicted octanol–water partition coefficient (Wildman–Crippen LogP) is 2.58. The highest BCUT2D eigenvalue weighted by atomic mass is 32.1. The third kappa shape index (κ3) is 6.43. The number of hydrogen-bond donors (Lipinski definition) is 6. The number of aliphatic hydroxyl groups is 2. The maximum absolute atomic E-state index is 13.9. The number of ketones is 2. The van der Waals surface area contributed by atoms with Gasteiger partial charge in [-0.05, 0) is 61.7 Å². The van der Waals surface area contributed by atoms with Gasteiger partial charge in [-0.2, -0.15) is 0 Å². The Morgan fingerprint density at radius 3 is 2.63 bits per heavy atom. The van der Waals surface area contributed by atoms with E-state index in [4.69, 9.17) is 20.3 Å². The molecule has 5 aliphatic rings. The van der Waals surface area contributed by atoms with Gasteiger partial charge in [-0.15, -0.1) is 11.3 Å². The fraction of sp³-hybridized carbons (Fsp3) is 0.538. The summed E-state index contributed by atoms with van der Waals surface area (Å²) in [5.41, 5.74) is 5.32. The van der Waals surface area contributed by atoms with Gasteiger partial charge in [-0.3, -0.25) is 24.0 Å². The first-order chi connectivity index (χ1) is 25.7. The molecule has 1 saturated heterocycles. The van der Waals surface area contributed by atoms with Crippen LogP contribution in [0.3, 0.4) is 0 Å². The molecule has 0 radical (unpaired) electrons. The second-order valence-electron chi connectivity index (χ2n) is 15.6. The molecule has 54 heavy (non-hydrogen) atoms. The van der Waals surface area contributed by atoms with E-state index < -0.39 is 71.1 Å². The minimum atomic E-state index is -1.44. The number of carbonyl (C=O) groups is 5. The summed E-state index contributed by atoms with van der Waals surface area (Å²) in [7, 11) is 0. The fourth-order valence-corrected chi connectivity index (χ4v) is 11.1. The van der Waals surface area contributed by atoms with Crippen LogP contribution in [-0.2, 0) is 39.9 Å². The van der Waals surface area contributed by atoms with Crippen LogP contribution in [0.25, 0.3) is 0 Å². The van der Waals surface area contributed by atoms with E-state index in [1.807, 2.05) is 37.3 Å². The maximum atomic E-state index is 13.9. The zero-order chi connectivity index (χ0) is 38.6. The molecule has 15 heteroatoms. The van der Waals surface area contributed by atoms with Gasteiger partial charge in [-0.25, -0.2) is 4.98 Å². The minimum absolute atomic E-state index is 0.00599. The van der Waals surface area contributed by atoms with Crippen molar-refractivity contribution >= 4 is 45.8 Å². The smallest absolute Gasteiger partial charge is 0.303 e. The van der Waals surface area contributed by atoms with Crippen molar-refractivity contribution < 1.29 is 48.8 Å². The first-order valence-electron chi connectivity index (χ1n) is 18.4. The molecule has 4 fully saturated rings. The summed E-state index contributed by atoms with van der Waals surface area (Å²) >= 11 is 1.24. The van der Waals surface area contributed by atoms with Gasteiger partial charge in [0.15, 0.2) is 28.6 Å². The van der Waals surface area contributed by atoms with Crippen molar-refractivity contribution in [2.75, 3.05) is 18.5 Å². The molecule has 7 rings (SSSR count).